The Bertz CT molecular complexity index is 655. The first-order valence-corrected chi connectivity index (χ1v) is 6.19. The molecule has 118 valence electrons. The predicted molar refractivity (Wildman–Crippen MR) is 70.9 cm³/mol. The third kappa shape index (κ3) is 3.72. The highest BCUT2D eigenvalue weighted by Gasteiger charge is 2.37. The van der Waals surface area contributed by atoms with Gasteiger partial charge in [0.2, 0.25) is 0 Å². The molecule has 0 aliphatic rings. The van der Waals surface area contributed by atoms with E-state index in [0.29, 0.717) is 18.2 Å². The zero-order valence-corrected chi connectivity index (χ0v) is 11.3. The van der Waals surface area contributed by atoms with Crippen LogP contribution in [0.1, 0.15) is 16.7 Å². The van der Waals surface area contributed by atoms with Crippen LogP contribution in [0, 0.1) is 6.92 Å². The average molecular weight is 319 g/mol. The monoisotopic (exact) mass is 319 g/mol. The van der Waals surface area contributed by atoms with Crippen molar-refractivity contribution in [3.63, 3.8) is 0 Å². The highest BCUT2D eigenvalue weighted by molar-refractivity contribution is 5.65. The number of benzene rings is 2. The lowest BCUT2D eigenvalue weighted by Crippen LogP contribution is -2.12. The van der Waals surface area contributed by atoms with Crippen molar-refractivity contribution in [2.75, 3.05) is 5.32 Å². The molecule has 0 saturated carbocycles. The summed E-state index contributed by atoms with van der Waals surface area (Å²) in [5, 5.41) is 2.40. The zero-order valence-electron chi connectivity index (χ0n) is 11.3. The highest BCUT2D eigenvalue weighted by Crippen LogP contribution is 2.39. The van der Waals surface area contributed by atoms with Crippen molar-refractivity contribution < 1.29 is 26.3 Å². The molecule has 0 saturated heterocycles. The minimum Gasteiger partial charge on any atom is -0.355 e. The molecule has 0 radical (unpaired) electrons. The van der Waals surface area contributed by atoms with Gasteiger partial charge in [0, 0.05) is 5.69 Å². The molecule has 0 aliphatic heterocycles. The van der Waals surface area contributed by atoms with E-state index in [9.17, 15) is 26.3 Å². The van der Waals surface area contributed by atoms with E-state index in [0.717, 1.165) is 5.56 Å². The molecule has 1 N–H and O–H groups in total. The van der Waals surface area contributed by atoms with Crippen LogP contribution >= 0.6 is 0 Å². The number of hydrogen-bond donors (Lipinski definition) is 1. The first kappa shape index (κ1) is 16.2. The molecule has 7 heteroatoms. The minimum absolute atomic E-state index is 0.274. The number of anilines is 2. The summed E-state index contributed by atoms with van der Waals surface area (Å²) in [7, 11) is 0. The van der Waals surface area contributed by atoms with Gasteiger partial charge < -0.3 is 5.32 Å². The Morgan fingerprint density at radius 3 is 1.86 bits per heavy atom. The van der Waals surface area contributed by atoms with Crippen molar-refractivity contribution in [1.29, 1.82) is 0 Å². The van der Waals surface area contributed by atoms with Crippen LogP contribution in [0.4, 0.5) is 37.7 Å². The number of alkyl halides is 6. The van der Waals surface area contributed by atoms with Crippen molar-refractivity contribution in [2.45, 2.75) is 19.3 Å². The molecule has 1 nitrogen and oxygen atoms in total. The van der Waals surface area contributed by atoms with Crippen LogP contribution in [0.5, 0.6) is 0 Å². The van der Waals surface area contributed by atoms with Crippen molar-refractivity contribution in [1.82, 2.24) is 0 Å². The smallest absolute Gasteiger partial charge is 0.355 e. The topological polar surface area (TPSA) is 12.0 Å². The van der Waals surface area contributed by atoms with Crippen LogP contribution < -0.4 is 5.32 Å². The van der Waals surface area contributed by atoms with Gasteiger partial charge in [-0.05, 0) is 37.3 Å². The Morgan fingerprint density at radius 2 is 1.36 bits per heavy atom. The fourth-order valence-corrected chi connectivity index (χ4v) is 1.86. The van der Waals surface area contributed by atoms with E-state index >= 15 is 0 Å². The standard InChI is InChI=1S/C15H11F6N/c1-9-2-5-11(6-3-9)22-13-8-10(14(16,17)18)4-7-12(13)15(19,20)21/h2-8,22H,1H3. The van der Waals surface area contributed by atoms with Gasteiger partial charge in [-0.25, -0.2) is 0 Å². The first-order chi connectivity index (χ1) is 10.1. The van der Waals surface area contributed by atoms with E-state index < -0.39 is 29.2 Å². The molecule has 2 aromatic rings. The van der Waals surface area contributed by atoms with E-state index in [4.69, 9.17) is 0 Å². The van der Waals surface area contributed by atoms with Gasteiger partial charge in [-0.1, -0.05) is 17.7 Å². The van der Waals surface area contributed by atoms with Crippen molar-refractivity contribution in [3.8, 4) is 0 Å². The second-order valence-corrected chi connectivity index (χ2v) is 4.75. The van der Waals surface area contributed by atoms with Crippen LogP contribution in [0.2, 0.25) is 0 Å². The van der Waals surface area contributed by atoms with E-state index in [-0.39, 0.29) is 5.69 Å². The zero-order chi connectivity index (χ0) is 16.5. The minimum atomic E-state index is -4.75. The van der Waals surface area contributed by atoms with Gasteiger partial charge in [-0.15, -0.1) is 0 Å². The fraction of sp³-hybridized carbons (Fsp3) is 0.200. The normalized spacial score (nSPS) is 12.3. The molecule has 0 amide bonds. The Labute approximate surface area is 122 Å². The molecular weight excluding hydrogens is 308 g/mol. The Hall–Kier alpha value is -2.18. The van der Waals surface area contributed by atoms with E-state index in [2.05, 4.69) is 5.32 Å². The Kier molecular flexibility index (Phi) is 4.08. The first-order valence-electron chi connectivity index (χ1n) is 6.19. The summed E-state index contributed by atoms with van der Waals surface area (Å²) in [4.78, 5) is 0. The molecule has 0 heterocycles. The maximum absolute atomic E-state index is 12.9. The molecule has 2 aromatic carbocycles. The number of halogens is 6. The summed E-state index contributed by atoms with van der Waals surface area (Å²) in [5.74, 6) is 0. The second-order valence-electron chi connectivity index (χ2n) is 4.75. The molecular formula is C15H11F6N. The van der Waals surface area contributed by atoms with Gasteiger partial charge in [-0.3, -0.25) is 0 Å². The van der Waals surface area contributed by atoms with E-state index in [1.165, 1.54) is 12.1 Å². The molecule has 0 aromatic heterocycles. The van der Waals surface area contributed by atoms with Crippen LogP contribution in [0.25, 0.3) is 0 Å². The molecule has 0 atom stereocenters. The third-order valence-corrected chi connectivity index (χ3v) is 2.98. The SMILES string of the molecule is Cc1ccc(Nc2cc(C(F)(F)F)ccc2C(F)(F)F)cc1. The van der Waals surface area contributed by atoms with Crippen molar-refractivity contribution >= 4 is 11.4 Å². The van der Waals surface area contributed by atoms with Crippen LogP contribution in [0.15, 0.2) is 42.5 Å². The van der Waals surface area contributed by atoms with E-state index in [1.54, 1.807) is 19.1 Å². The number of aryl methyl sites for hydroxylation is 1. The quantitative estimate of drug-likeness (QED) is 0.692. The second kappa shape index (κ2) is 5.55. The third-order valence-electron chi connectivity index (χ3n) is 2.98. The van der Waals surface area contributed by atoms with Crippen molar-refractivity contribution in [2.24, 2.45) is 0 Å². The van der Waals surface area contributed by atoms with Gasteiger partial charge in [0.1, 0.15) is 0 Å². The Morgan fingerprint density at radius 1 is 0.773 bits per heavy atom. The highest BCUT2D eigenvalue weighted by atomic mass is 19.4. The lowest BCUT2D eigenvalue weighted by molar-refractivity contribution is -0.140. The Balaban J connectivity index is 2.47. The summed E-state index contributed by atoms with van der Waals surface area (Å²) in [6.45, 7) is 1.79. The van der Waals surface area contributed by atoms with Crippen LogP contribution in [0.3, 0.4) is 0 Å². The summed E-state index contributed by atoms with van der Waals surface area (Å²) < 4.78 is 76.8. The van der Waals surface area contributed by atoms with Gasteiger partial charge in [0.05, 0.1) is 16.8 Å². The maximum Gasteiger partial charge on any atom is 0.418 e. The van der Waals surface area contributed by atoms with Crippen LogP contribution in [-0.2, 0) is 12.4 Å². The summed E-state index contributed by atoms with van der Waals surface area (Å²) in [5.41, 5.74) is -1.77. The number of nitrogens with one attached hydrogen (secondary N) is 1. The average Bonchev–Trinajstić information content (AvgIpc) is 2.39. The molecule has 0 aliphatic carbocycles. The molecule has 22 heavy (non-hydrogen) atoms. The van der Waals surface area contributed by atoms with Gasteiger partial charge in [0.15, 0.2) is 0 Å². The lowest BCUT2D eigenvalue weighted by Gasteiger charge is -2.17. The molecule has 0 spiro atoms. The molecule has 2 rings (SSSR count). The van der Waals surface area contributed by atoms with Gasteiger partial charge in [0.25, 0.3) is 0 Å². The largest absolute Gasteiger partial charge is 0.418 e. The van der Waals surface area contributed by atoms with Gasteiger partial charge in [-0.2, -0.15) is 26.3 Å². The van der Waals surface area contributed by atoms with Gasteiger partial charge >= 0.3 is 12.4 Å². The lowest BCUT2D eigenvalue weighted by atomic mass is 10.1. The van der Waals surface area contributed by atoms with Crippen molar-refractivity contribution in [3.05, 3.63) is 59.2 Å². The van der Waals surface area contributed by atoms with Crippen LogP contribution in [-0.4, -0.2) is 0 Å². The number of rotatable bonds is 2. The fourth-order valence-electron chi connectivity index (χ4n) is 1.86. The molecule has 0 unspecified atom stereocenters. The molecule has 0 bridgehead atoms. The predicted octanol–water partition coefficient (Wildman–Crippen LogP) is 5.78. The van der Waals surface area contributed by atoms with E-state index in [1.807, 2.05) is 0 Å². The summed E-state index contributed by atoms with van der Waals surface area (Å²) in [6, 6.07) is 7.59. The maximum atomic E-state index is 12.9. The summed E-state index contributed by atoms with van der Waals surface area (Å²) in [6.07, 6.45) is -9.47. The molecule has 0 fully saturated rings. The number of hydrogen-bond acceptors (Lipinski definition) is 1. The summed E-state index contributed by atoms with van der Waals surface area (Å²) >= 11 is 0.